The van der Waals surface area contributed by atoms with Crippen molar-refractivity contribution in [1.82, 2.24) is 14.9 Å². The van der Waals surface area contributed by atoms with Crippen molar-refractivity contribution in [2.45, 2.75) is 30.5 Å². The molecule has 0 radical (unpaired) electrons. The summed E-state index contributed by atoms with van der Waals surface area (Å²) in [6.45, 7) is 3.72. The second-order valence-electron chi connectivity index (χ2n) is 6.69. The molecule has 0 bridgehead atoms. The number of hydrogen-bond acceptors (Lipinski definition) is 4. The fourth-order valence-electron chi connectivity index (χ4n) is 3.35. The zero-order chi connectivity index (χ0) is 18.8. The van der Waals surface area contributed by atoms with E-state index in [1.165, 1.54) is 0 Å². The Morgan fingerprint density at radius 3 is 2.70 bits per heavy atom. The van der Waals surface area contributed by atoms with Gasteiger partial charge >= 0.3 is 0 Å². The highest BCUT2D eigenvalue weighted by atomic mass is 35.5. The Labute approximate surface area is 168 Å². The lowest BCUT2D eigenvalue weighted by Crippen LogP contribution is -2.27. The Balaban J connectivity index is 1.48. The number of aromatic nitrogens is 2. The third kappa shape index (κ3) is 3.80. The quantitative estimate of drug-likeness (QED) is 0.573. The number of benzene rings is 1. The van der Waals surface area contributed by atoms with Crippen molar-refractivity contribution in [3.63, 3.8) is 0 Å². The lowest BCUT2D eigenvalue weighted by Gasteiger charge is -2.15. The van der Waals surface area contributed by atoms with E-state index in [2.05, 4.69) is 4.98 Å². The number of fused-ring (bicyclic) bond motifs is 1. The number of carbonyl (C=O) groups is 1. The highest BCUT2D eigenvalue weighted by molar-refractivity contribution is 7.98. The van der Waals surface area contributed by atoms with E-state index in [9.17, 15) is 4.79 Å². The zero-order valence-electron chi connectivity index (χ0n) is 15.1. The number of nitrogens with zero attached hydrogens (tertiary/aromatic N) is 3. The minimum atomic E-state index is 0.0754. The van der Waals surface area contributed by atoms with Gasteiger partial charge in [-0.1, -0.05) is 41.6 Å². The number of likely N-dealkylation sites (tertiary alicyclic amines) is 1. The van der Waals surface area contributed by atoms with Gasteiger partial charge in [0.25, 0.3) is 5.91 Å². The van der Waals surface area contributed by atoms with E-state index in [4.69, 9.17) is 16.6 Å². The number of pyridine rings is 2. The first kappa shape index (κ1) is 18.3. The van der Waals surface area contributed by atoms with Crippen LogP contribution in [0.5, 0.6) is 0 Å². The van der Waals surface area contributed by atoms with Gasteiger partial charge in [0, 0.05) is 30.4 Å². The molecule has 0 saturated carbocycles. The van der Waals surface area contributed by atoms with Crippen molar-refractivity contribution >= 4 is 40.2 Å². The van der Waals surface area contributed by atoms with Gasteiger partial charge in [0.05, 0.1) is 26.8 Å². The Morgan fingerprint density at radius 1 is 1.19 bits per heavy atom. The first-order chi connectivity index (χ1) is 13.1. The Morgan fingerprint density at radius 2 is 1.96 bits per heavy atom. The first-order valence-corrected chi connectivity index (χ1v) is 10.4. The fraction of sp³-hybridized carbons (Fsp3) is 0.286. The normalized spacial score (nSPS) is 14.1. The topological polar surface area (TPSA) is 46.1 Å². The van der Waals surface area contributed by atoms with Crippen molar-refractivity contribution in [2.75, 3.05) is 13.1 Å². The predicted molar refractivity (Wildman–Crippen MR) is 110 cm³/mol. The molecule has 3 aromatic rings. The number of aryl methyl sites for hydroxylation is 1. The molecule has 0 atom stereocenters. The number of para-hydroxylation sites is 1. The summed E-state index contributed by atoms with van der Waals surface area (Å²) >= 11 is 8.11. The summed E-state index contributed by atoms with van der Waals surface area (Å²) in [5, 5.41) is 2.65. The average molecular weight is 398 g/mol. The summed E-state index contributed by atoms with van der Waals surface area (Å²) in [5.74, 6) is 0.711. The fourth-order valence-corrected chi connectivity index (χ4v) is 4.43. The molecule has 1 aromatic carbocycles. The van der Waals surface area contributed by atoms with Crippen LogP contribution in [0.1, 0.15) is 34.5 Å². The minimum Gasteiger partial charge on any atom is -0.339 e. The molecule has 27 heavy (non-hydrogen) atoms. The van der Waals surface area contributed by atoms with Crippen molar-refractivity contribution in [3.8, 4) is 0 Å². The summed E-state index contributed by atoms with van der Waals surface area (Å²) in [5.41, 5.74) is 3.52. The van der Waals surface area contributed by atoms with Crippen LogP contribution in [0.25, 0.3) is 10.9 Å². The molecular weight excluding hydrogens is 378 g/mol. The molecule has 1 amide bonds. The van der Waals surface area contributed by atoms with E-state index in [-0.39, 0.29) is 5.91 Å². The molecule has 0 N–H and O–H groups in total. The molecule has 1 fully saturated rings. The summed E-state index contributed by atoms with van der Waals surface area (Å²) in [6, 6.07) is 11.8. The van der Waals surface area contributed by atoms with E-state index >= 15 is 0 Å². The van der Waals surface area contributed by atoms with Crippen LogP contribution >= 0.6 is 23.4 Å². The van der Waals surface area contributed by atoms with Gasteiger partial charge in [0.2, 0.25) is 0 Å². The van der Waals surface area contributed by atoms with Gasteiger partial charge in [-0.25, -0.2) is 4.98 Å². The maximum Gasteiger partial charge on any atom is 0.255 e. The molecule has 2 aromatic heterocycles. The van der Waals surface area contributed by atoms with Crippen molar-refractivity contribution in [1.29, 1.82) is 0 Å². The zero-order valence-corrected chi connectivity index (χ0v) is 16.7. The summed E-state index contributed by atoms with van der Waals surface area (Å²) in [7, 11) is 0. The van der Waals surface area contributed by atoms with Gasteiger partial charge in [-0.05, 0) is 43.5 Å². The van der Waals surface area contributed by atoms with Gasteiger partial charge in [-0.15, -0.1) is 0 Å². The number of carbonyl (C=O) groups excluding carboxylic acids is 1. The van der Waals surface area contributed by atoms with Crippen LogP contribution in [0.15, 0.2) is 47.6 Å². The molecule has 4 nitrogen and oxygen atoms in total. The molecule has 0 unspecified atom stereocenters. The van der Waals surface area contributed by atoms with Gasteiger partial charge in [0.15, 0.2) is 0 Å². The molecule has 138 valence electrons. The molecule has 4 rings (SSSR count). The Bertz CT molecular complexity index is 985. The molecule has 1 aliphatic heterocycles. The van der Waals surface area contributed by atoms with Gasteiger partial charge in [-0.3, -0.25) is 9.78 Å². The van der Waals surface area contributed by atoms with Crippen LogP contribution in [0.4, 0.5) is 0 Å². The first-order valence-electron chi connectivity index (χ1n) is 9.05. The number of rotatable bonds is 4. The molecular formula is C21H20ClN3OS. The van der Waals surface area contributed by atoms with E-state index in [0.29, 0.717) is 16.3 Å². The van der Waals surface area contributed by atoms with Gasteiger partial charge in [-0.2, -0.15) is 0 Å². The minimum absolute atomic E-state index is 0.0754. The monoisotopic (exact) mass is 397 g/mol. The van der Waals surface area contributed by atoms with E-state index < -0.39 is 0 Å². The summed E-state index contributed by atoms with van der Waals surface area (Å²) in [6.07, 6.45) is 3.85. The van der Waals surface area contributed by atoms with Crippen LogP contribution in [-0.4, -0.2) is 33.9 Å². The van der Waals surface area contributed by atoms with Crippen LogP contribution in [0.3, 0.4) is 0 Å². The largest absolute Gasteiger partial charge is 0.339 e. The summed E-state index contributed by atoms with van der Waals surface area (Å²) in [4.78, 5) is 23.4. The molecule has 1 saturated heterocycles. The number of amides is 1. The van der Waals surface area contributed by atoms with Crippen LogP contribution in [-0.2, 0) is 5.75 Å². The smallest absolute Gasteiger partial charge is 0.255 e. The van der Waals surface area contributed by atoms with E-state index in [1.54, 1.807) is 18.0 Å². The van der Waals surface area contributed by atoms with Crippen molar-refractivity contribution < 1.29 is 4.79 Å². The lowest BCUT2D eigenvalue weighted by atomic mass is 10.1. The standard InChI is InChI=1S/C21H20ClN3OS/c1-14-16-6-2-3-7-17(16)24-18(20(14)22)13-27-19-9-8-15(12-23-19)21(26)25-10-4-5-11-25/h2-3,6-9,12H,4-5,10-11,13H2,1H3. The second-order valence-corrected chi connectivity index (χ2v) is 8.06. The highest BCUT2D eigenvalue weighted by Crippen LogP contribution is 2.30. The van der Waals surface area contributed by atoms with Crippen molar-refractivity contribution in [2.24, 2.45) is 0 Å². The SMILES string of the molecule is Cc1c(Cl)c(CSc2ccc(C(=O)N3CCCC3)cn2)nc2ccccc12. The summed E-state index contributed by atoms with van der Waals surface area (Å²) < 4.78 is 0. The molecule has 1 aliphatic rings. The molecule has 0 spiro atoms. The third-order valence-electron chi connectivity index (χ3n) is 4.88. The second kappa shape index (κ2) is 7.87. The number of hydrogen-bond donors (Lipinski definition) is 0. The van der Waals surface area contributed by atoms with E-state index in [1.807, 2.05) is 48.2 Å². The predicted octanol–water partition coefficient (Wildman–Crippen LogP) is 5.12. The average Bonchev–Trinajstić information content (AvgIpc) is 3.24. The Hall–Kier alpha value is -2.11. The van der Waals surface area contributed by atoms with Crippen LogP contribution in [0, 0.1) is 6.92 Å². The van der Waals surface area contributed by atoms with Gasteiger partial charge < -0.3 is 4.90 Å². The van der Waals surface area contributed by atoms with E-state index in [0.717, 1.165) is 53.1 Å². The Kier molecular flexibility index (Phi) is 5.32. The lowest BCUT2D eigenvalue weighted by molar-refractivity contribution is 0.0792. The van der Waals surface area contributed by atoms with Gasteiger partial charge in [0.1, 0.15) is 0 Å². The maximum absolute atomic E-state index is 12.4. The molecule has 3 heterocycles. The van der Waals surface area contributed by atoms with Crippen molar-refractivity contribution in [3.05, 3.63) is 64.4 Å². The third-order valence-corrected chi connectivity index (χ3v) is 6.34. The maximum atomic E-state index is 12.4. The van der Waals surface area contributed by atoms with Crippen LogP contribution < -0.4 is 0 Å². The molecule has 0 aliphatic carbocycles. The number of thioether (sulfide) groups is 1. The van der Waals surface area contributed by atoms with Crippen LogP contribution in [0.2, 0.25) is 5.02 Å². The molecule has 6 heteroatoms. The highest BCUT2D eigenvalue weighted by Gasteiger charge is 2.19. The number of halogens is 1.